The summed E-state index contributed by atoms with van der Waals surface area (Å²) in [5.74, 6) is 1.33. The Hall–Kier alpha value is -2.43. The van der Waals surface area contributed by atoms with E-state index in [4.69, 9.17) is 10.5 Å². The van der Waals surface area contributed by atoms with Crippen molar-refractivity contribution in [2.75, 3.05) is 0 Å². The number of fused-ring (bicyclic) bond motifs is 5. The first kappa shape index (κ1) is 22.4. The fourth-order valence-corrected chi connectivity index (χ4v) is 7.74. The first-order valence-corrected chi connectivity index (χ1v) is 12.6. The first-order valence-electron chi connectivity index (χ1n) is 12.6. The number of primary amides is 1. The van der Waals surface area contributed by atoms with Gasteiger partial charge in [-0.3, -0.25) is 14.6 Å². The van der Waals surface area contributed by atoms with E-state index in [2.05, 4.69) is 37.0 Å². The number of rotatable bonds is 5. The molecule has 5 rings (SSSR count). The number of hydrogen-bond donors (Lipinski definition) is 1. The molecule has 1 unspecified atom stereocenters. The summed E-state index contributed by atoms with van der Waals surface area (Å²) in [5, 5.41) is 0. The Morgan fingerprint density at radius 1 is 1.09 bits per heavy atom. The van der Waals surface area contributed by atoms with Crippen LogP contribution in [0.1, 0.15) is 77.2 Å². The largest absolute Gasteiger partial charge is 0.462 e. The van der Waals surface area contributed by atoms with Crippen LogP contribution in [0.15, 0.2) is 42.3 Å². The number of nitrogens with zero attached hydrogens (tertiary/aromatic N) is 1. The molecule has 0 aliphatic heterocycles. The number of aromatic nitrogens is 1. The fourth-order valence-electron chi connectivity index (χ4n) is 7.74. The second kappa shape index (κ2) is 8.41. The number of allylic oxidation sites excluding steroid dienone is 3. The summed E-state index contributed by atoms with van der Waals surface area (Å²) in [5.41, 5.74) is 9.89. The predicted octanol–water partition coefficient (Wildman–Crippen LogP) is 5.22. The van der Waals surface area contributed by atoms with E-state index < -0.39 is 5.91 Å². The Labute approximate surface area is 196 Å². The summed E-state index contributed by atoms with van der Waals surface area (Å²) in [4.78, 5) is 27.5. The van der Waals surface area contributed by atoms with Gasteiger partial charge in [-0.15, -0.1) is 0 Å². The van der Waals surface area contributed by atoms with Crippen LogP contribution in [0.25, 0.3) is 5.57 Å². The summed E-state index contributed by atoms with van der Waals surface area (Å²) in [7, 11) is 0. The molecule has 1 aromatic heterocycles. The van der Waals surface area contributed by atoms with Gasteiger partial charge in [0.2, 0.25) is 5.91 Å². The monoisotopic (exact) mass is 448 g/mol. The molecular formula is C28H36N2O3. The van der Waals surface area contributed by atoms with Gasteiger partial charge in [0.25, 0.3) is 0 Å². The summed E-state index contributed by atoms with van der Waals surface area (Å²) < 4.78 is 5.72. The number of esters is 1. The zero-order valence-corrected chi connectivity index (χ0v) is 19.9. The standard InChI is InChI=1S/C28H36N2O3/c1-27-13-11-20(33-26(32)10-9-25(29)31)16-19(27)5-6-21-23-8-7-22(18-4-3-15-30-17-18)28(23,2)14-12-24(21)27/h3-5,7,15,17,20-21,23-24H,6,8-14,16H2,1-2H3,(H2,29,31)/t20-,21-,23?,24-,27-,28+/m0/s1. The van der Waals surface area contributed by atoms with Crippen molar-refractivity contribution in [3.05, 3.63) is 47.8 Å². The Balaban J connectivity index is 1.30. The topological polar surface area (TPSA) is 82.3 Å². The van der Waals surface area contributed by atoms with E-state index in [1.807, 2.05) is 18.5 Å². The predicted molar refractivity (Wildman–Crippen MR) is 128 cm³/mol. The van der Waals surface area contributed by atoms with Crippen molar-refractivity contribution in [3.8, 4) is 0 Å². The number of pyridine rings is 1. The molecule has 2 saturated carbocycles. The molecular weight excluding hydrogens is 412 g/mol. The highest BCUT2D eigenvalue weighted by atomic mass is 16.5. The third-order valence-corrected chi connectivity index (χ3v) is 9.49. The maximum absolute atomic E-state index is 12.1. The summed E-state index contributed by atoms with van der Waals surface area (Å²) in [6, 6.07) is 4.26. The van der Waals surface area contributed by atoms with Gasteiger partial charge >= 0.3 is 5.97 Å². The summed E-state index contributed by atoms with van der Waals surface area (Å²) >= 11 is 0. The molecule has 0 spiro atoms. The van der Waals surface area contributed by atoms with Crippen molar-refractivity contribution >= 4 is 17.4 Å². The third-order valence-electron chi connectivity index (χ3n) is 9.49. The second-order valence-corrected chi connectivity index (χ2v) is 11.1. The molecule has 1 amide bonds. The number of ether oxygens (including phenoxy) is 1. The van der Waals surface area contributed by atoms with Crippen LogP contribution in [-0.4, -0.2) is 23.0 Å². The molecule has 176 valence electrons. The number of carbonyl (C=O) groups is 2. The Morgan fingerprint density at radius 2 is 1.91 bits per heavy atom. The van der Waals surface area contributed by atoms with E-state index in [-0.39, 0.29) is 35.7 Å². The molecule has 5 nitrogen and oxygen atoms in total. The Morgan fingerprint density at radius 3 is 2.67 bits per heavy atom. The van der Waals surface area contributed by atoms with Crippen molar-refractivity contribution in [2.45, 2.75) is 77.7 Å². The third kappa shape index (κ3) is 3.83. The van der Waals surface area contributed by atoms with Gasteiger partial charge in [0.15, 0.2) is 0 Å². The van der Waals surface area contributed by atoms with Crippen molar-refractivity contribution in [1.82, 2.24) is 4.98 Å². The number of hydrogen-bond acceptors (Lipinski definition) is 4. The molecule has 4 aliphatic rings. The van der Waals surface area contributed by atoms with Crippen molar-refractivity contribution in [3.63, 3.8) is 0 Å². The number of carbonyl (C=O) groups excluding carboxylic acids is 2. The van der Waals surface area contributed by atoms with Crippen LogP contribution in [0.5, 0.6) is 0 Å². The van der Waals surface area contributed by atoms with E-state index >= 15 is 0 Å². The van der Waals surface area contributed by atoms with Gasteiger partial charge in [-0.2, -0.15) is 0 Å². The molecule has 0 radical (unpaired) electrons. The molecule has 0 saturated heterocycles. The van der Waals surface area contributed by atoms with Gasteiger partial charge in [-0.25, -0.2) is 0 Å². The van der Waals surface area contributed by atoms with Gasteiger partial charge in [-0.05, 0) is 84.3 Å². The maximum atomic E-state index is 12.1. The zero-order valence-electron chi connectivity index (χ0n) is 19.9. The number of nitrogens with two attached hydrogens (primary N) is 1. The lowest BCUT2D eigenvalue weighted by Crippen LogP contribution is -2.50. The normalized spacial score (nSPS) is 37.2. The first-order chi connectivity index (χ1) is 15.8. The smallest absolute Gasteiger partial charge is 0.306 e. The van der Waals surface area contributed by atoms with E-state index in [1.54, 1.807) is 0 Å². The molecule has 2 N–H and O–H groups in total. The minimum atomic E-state index is -0.457. The van der Waals surface area contributed by atoms with Gasteiger partial charge < -0.3 is 10.5 Å². The maximum Gasteiger partial charge on any atom is 0.306 e. The highest BCUT2D eigenvalue weighted by Crippen LogP contribution is 2.66. The van der Waals surface area contributed by atoms with Crippen LogP contribution >= 0.6 is 0 Å². The molecule has 5 heteroatoms. The minimum absolute atomic E-state index is 0.0605. The average molecular weight is 449 g/mol. The van der Waals surface area contributed by atoms with Crippen LogP contribution < -0.4 is 5.73 Å². The lowest BCUT2D eigenvalue weighted by Gasteiger charge is -2.57. The highest BCUT2D eigenvalue weighted by molar-refractivity contribution is 5.80. The van der Waals surface area contributed by atoms with Crippen molar-refractivity contribution < 1.29 is 14.3 Å². The second-order valence-electron chi connectivity index (χ2n) is 11.1. The Bertz CT molecular complexity index is 1000. The van der Waals surface area contributed by atoms with E-state index in [1.165, 1.54) is 36.0 Å². The zero-order chi connectivity index (χ0) is 23.2. The van der Waals surface area contributed by atoms with Gasteiger partial charge in [0.1, 0.15) is 6.10 Å². The van der Waals surface area contributed by atoms with Gasteiger partial charge in [0.05, 0.1) is 6.42 Å². The quantitative estimate of drug-likeness (QED) is 0.495. The minimum Gasteiger partial charge on any atom is -0.462 e. The van der Waals surface area contributed by atoms with E-state index in [0.717, 1.165) is 25.7 Å². The molecule has 4 aliphatic carbocycles. The summed E-state index contributed by atoms with van der Waals surface area (Å²) in [6.45, 7) is 4.96. The average Bonchev–Trinajstić information content (AvgIpc) is 3.16. The molecule has 0 aromatic carbocycles. The molecule has 1 heterocycles. The molecule has 2 fully saturated rings. The van der Waals surface area contributed by atoms with Crippen LogP contribution in [0.2, 0.25) is 0 Å². The van der Waals surface area contributed by atoms with Crippen molar-refractivity contribution in [2.24, 2.45) is 34.3 Å². The van der Waals surface area contributed by atoms with Crippen molar-refractivity contribution in [1.29, 1.82) is 0 Å². The Kier molecular flexibility index (Phi) is 5.70. The SMILES string of the molecule is C[C@]12CC[C@H](OC(=O)CCC(N)=O)CC1=CC[C@H]1C3CC=C(c4cccnc4)[C@@]3(C)CC[C@@H]12. The van der Waals surface area contributed by atoms with Crippen LogP contribution in [-0.2, 0) is 14.3 Å². The van der Waals surface area contributed by atoms with Crippen LogP contribution in [0.4, 0.5) is 0 Å². The fraction of sp³-hybridized carbons (Fsp3) is 0.607. The lowest BCUT2D eigenvalue weighted by atomic mass is 9.47. The molecule has 0 bridgehead atoms. The highest BCUT2D eigenvalue weighted by Gasteiger charge is 2.57. The number of amides is 1. The molecule has 1 aromatic rings. The van der Waals surface area contributed by atoms with E-state index in [0.29, 0.717) is 17.8 Å². The van der Waals surface area contributed by atoms with Gasteiger partial charge in [0, 0.05) is 25.2 Å². The molecule has 6 atom stereocenters. The lowest BCUT2D eigenvalue weighted by molar-refractivity contribution is -0.152. The van der Waals surface area contributed by atoms with Gasteiger partial charge in [-0.1, -0.05) is 37.6 Å². The summed E-state index contributed by atoms with van der Waals surface area (Å²) in [6.07, 6.45) is 16.5. The van der Waals surface area contributed by atoms with E-state index in [9.17, 15) is 9.59 Å². The van der Waals surface area contributed by atoms with Crippen LogP contribution in [0, 0.1) is 28.6 Å². The molecule has 33 heavy (non-hydrogen) atoms. The van der Waals surface area contributed by atoms with Crippen LogP contribution in [0.3, 0.4) is 0 Å².